The first-order valence-corrected chi connectivity index (χ1v) is 8.13. The Labute approximate surface area is 148 Å². The van der Waals surface area contributed by atoms with E-state index in [-0.39, 0.29) is 11.7 Å². The summed E-state index contributed by atoms with van der Waals surface area (Å²) in [5.74, 6) is 0.861. The molecule has 1 amide bonds. The molecule has 0 aromatic heterocycles. The molecule has 0 saturated carbocycles. The highest BCUT2D eigenvalue weighted by molar-refractivity contribution is 6.05. The van der Waals surface area contributed by atoms with Crippen LogP contribution in [0.1, 0.15) is 5.56 Å². The van der Waals surface area contributed by atoms with E-state index in [4.69, 9.17) is 9.47 Å². The zero-order valence-electron chi connectivity index (χ0n) is 14.9. The van der Waals surface area contributed by atoms with Crippen molar-refractivity contribution < 1.29 is 19.1 Å². The van der Waals surface area contributed by atoms with Crippen LogP contribution < -0.4 is 9.47 Å². The summed E-state index contributed by atoms with van der Waals surface area (Å²) in [6.07, 6.45) is 5.74. The monoisotopic (exact) mass is 344 g/mol. The van der Waals surface area contributed by atoms with Gasteiger partial charge in [0.2, 0.25) is 5.91 Å². The van der Waals surface area contributed by atoms with Gasteiger partial charge in [-0.15, -0.1) is 0 Å². The maximum Gasteiger partial charge on any atom is 0.246 e. The predicted molar refractivity (Wildman–Crippen MR) is 96.8 cm³/mol. The van der Waals surface area contributed by atoms with Gasteiger partial charge in [0.25, 0.3) is 0 Å². The number of likely N-dealkylation sites (N-methyl/N-ethyl adjacent to an activating group) is 1. The van der Waals surface area contributed by atoms with E-state index in [0.29, 0.717) is 24.6 Å². The second-order valence-electron chi connectivity index (χ2n) is 5.81. The molecule has 0 aliphatic carbocycles. The molecule has 6 nitrogen and oxygen atoms in total. The minimum Gasteiger partial charge on any atom is -0.493 e. The zero-order valence-corrected chi connectivity index (χ0v) is 14.9. The van der Waals surface area contributed by atoms with Crippen LogP contribution in [0.15, 0.2) is 36.4 Å². The Hall–Kier alpha value is -2.60. The van der Waals surface area contributed by atoms with Crippen LogP contribution in [0.3, 0.4) is 0 Å². The van der Waals surface area contributed by atoms with E-state index in [1.54, 1.807) is 37.3 Å². The number of carbonyl (C=O) groups excluding carboxylic acids is 2. The van der Waals surface area contributed by atoms with Gasteiger partial charge in [0.15, 0.2) is 17.3 Å². The van der Waals surface area contributed by atoms with Crippen LogP contribution in [0.2, 0.25) is 0 Å². The Morgan fingerprint density at radius 2 is 1.64 bits per heavy atom. The molecule has 1 aliphatic heterocycles. The summed E-state index contributed by atoms with van der Waals surface area (Å²) in [5.41, 5.74) is 0.810. The van der Waals surface area contributed by atoms with Gasteiger partial charge in [0, 0.05) is 32.3 Å². The average molecular weight is 344 g/mol. The standard InChI is InChI=1S/C19H24N2O4/c1-20-10-12-21(13-11-20)19(23)9-7-16(22)6-4-15-5-8-17(24-2)18(14-15)25-3/h4-9,14H,10-13H2,1-3H3. The van der Waals surface area contributed by atoms with Gasteiger partial charge in [0.1, 0.15) is 0 Å². The quantitative estimate of drug-likeness (QED) is 0.734. The summed E-state index contributed by atoms with van der Waals surface area (Å²) in [5, 5.41) is 0. The van der Waals surface area contributed by atoms with Gasteiger partial charge < -0.3 is 19.3 Å². The highest BCUT2D eigenvalue weighted by Gasteiger charge is 2.16. The molecule has 0 spiro atoms. The first-order valence-electron chi connectivity index (χ1n) is 8.13. The Morgan fingerprint density at radius 1 is 0.960 bits per heavy atom. The number of hydrogen-bond donors (Lipinski definition) is 0. The maximum atomic E-state index is 12.1. The van der Waals surface area contributed by atoms with Crippen LogP contribution in [-0.4, -0.2) is 68.9 Å². The number of rotatable bonds is 6. The molecule has 0 unspecified atom stereocenters. The van der Waals surface area contributed by atoms with Crippen molar-refractivity contribution in [1.82, 2.24) is 9.80 Å². The number of nitrogens with zero attached hydrogens (tertiary/aromatic N) is 2. The lowest BCUT2D eigenvalue weighted by Crippen LogP contribution is -2.46. The van der Waals surface area contributed by atoms with E-state index >= 15 is 0 Å². The maximum absolute atomic E-state index is 12.1. The van der Waals surface area contributed by atoms with Crippen LogP contribution >= 0.6 is 0 Å². The molecule has 1 fully saturated rings. The molecule has 6 heteroatoms. The normalized spacial score (nSPS) is 15.7. The molecule has 1 aromatic carbocycles. The number of allylic oxidation sites excluding steroid dienone is 2. The van der Waals surface area contributed by atoms with Gasteiger partial charge in [-0.2, -0.15) is 0 Å². The first kappa shape index (κ1) is 18.7. The Bertz CT molecular complexity index is 674. The SMILES string of the molecule is COc1ccc(C=CC(=O)C=CC(=O)N2CCN(C)CC2)cc1OC. The minimum absolute atomic E-state index is 0.124. The Kier molecular flexibility index (Phi) is 6.77. The van der Waals surface area contributed by atoms with Crippen molar-refractivity contribution in [3.05, 3.63) is 42.0 Å². The Balaban J connectivity index is 1.93. The average Bonchev–Trinajstić information content (AvgIpc) is 2.64. The van der Waals surface area contributed by atoms with Crippen molar-refractivity contribution in [2.75, 3.05) is 47.4 Å². The third kappa shape index (κ3) is 5.46. The smallest absolute Gasteiger partial charge is 0.246 e. The van der Waals surface area contributed by atoms with Crippen molar-refractivity contribution in [3.8, 4) is 11.5 Å². The lowest BCUT2D eigenvalue weighted by atomic mass is 10.1. The third-order valence-electron chi connectivity index (χ3n) is 4.05. The lowest BCUT2D eigenvalue weighted by molar-refractivity contribution is -0.127. The predicted octanol–water partition coefficient (Wildman–Crippen LogP) is 1.62. The van der Waals surface area contributed by atoms with E-state index in [1.165, 1.54) is 18.2 Å². The highest BCUT2D eigenvalue weighted by Crippen LogP contribution is 2.27. The molecule has 0 bridgehead atoms. The van der Waals surface area contributed by atoms with Crippen molar-refractivity contribution in [1.29, 1.82) is 0 Å². The highest BCUT2D eigenvalue weighted by atomic mass is 16.5. The number of benzene rings is 1. The first-order chi connectivity index (χ1) is 12.0. The van der Waals surface area contributed by atoms with Crippen LogP contribution in [0.5, 0.6) is 11.5 Å². The molecule has 2 rings (SSSR count). The fraction of sp³-hybridized carbons (Fsp3) is 0.368. The number of carbonyl (C=O) groups is 2. The third-order valence-corrected chi connectivity index (χ3v) is 4.05. The number of methoxy groups -OCH3 is 2. The fourth-order valence-electron chi connectivity index (χ4n) is 2.48. The number of hydrogen-bond acceptors (Lipinski definition) is 5. The summed E-state index contributed by atoms with van der Waals surface area (Å²) >= 11 is 0. The Morgan fingerprint density at radius 3 is 2.28 bits per heavy atom. The minimum atomic E-state index is -0.239. The van der Waals surface area contributed by atoms with Crippen molar-refractivity contribution >= 4 is 17.8 Å². The van der Waals surface area contributed by atoms with Crippen LogP contribution in [0.25, 0.3) is 6.08 Å². The van der Waals surface area contributed by atoms with E-state index in [0.717, 1.165) is 18.7 Å². The van der Waals surface area contributed by atoms with E-state index < -0.39 is 0 Å². The summed E-state index contributed by atoms with van der Waals surface area (Å²) in [6, 6.07) is 5.38. The molecule has 134 valence electrons. The second kappa shape index (κ2) is 9.03. The molecular formula is C19H24N2O4. The number of piperazine rings is 1. The molecule has 1 heterocycles. The molecule has 0 N–H and O–H groups in total. The molecule has 25 heavy (non-hydrogen) atoms. The van der Waals surface area contributed by atoms with E-state index in [9.17, 15) is 9.59 Å². The fourth-order valence-corrected chi connectivity index (χ4v) is 2.48. The van der Waals surface area contributed by atoms with Crippen LogP contribution in [-0.2, 0) is 9.59 Å². The summed E-state index contributed by atoms with van der Waals surface area (Å²) < 4.78 is 10.4. The summed E-state index contributed by atoms with van der Waals surface area (Å²) in [7, 11) is 5.16. The van der Waals surface area contributed by atoms with Gasteiger partial charge in [-0.25, -0.2) is 0 Å². The zero-order chi connectivity index (χ0) is 18.2. The molecule has 1 aromatic rings. The van der Waals surface area contributed by atoms with Crippen LogP contribution in [0, 0.1) is 0 Å². The topological polar surface area (TPSA) is 59.1 Å². The largest absolute Gasteiger partial charge is 0.493 e. The van der Waals surface area contributed by atoms with Gasteiger partial charge in [-0.3, -0.25) is 9.59 Å². The summed E-state index contributed by atoms with van der Waals surface area (Å²) in [4.78, 5) is 27.9. The van der Waals surface area contributed by atoms with Crippen molar-refractivity contribution in [2.24, 2.45) is 0 Å². The summed E-state index contributed by atoms with van der Waals surface area (Å²) in [6.45, 7) is 3.09. The number of ether oxygens (including phenoxy) is 2. The van der Waals surface area contributed by atoms with Gasteiger partial charge in [-0.05, 0) is 36.9 Å². The second-order valence-corrected chi connectivity index (χ2v) is 5.81. The van der Waals surface area contributed by atoms with E-state index in [1.807, 2.05) is 13.1 Å². The van der Waals surface area contributed by atoms with Crippen molar-refractivity contribution in [2.45, 2.75) is 0 Å². The van der Waals surface area contributed by atoms with Crippen molar-refractivity contribution in [3.63, 3.8) is 0 Å². The molecule has 0 radical (unpaired) electrons. The molecular weight excluding hydrogens is 320 g/mol. The van der Waals surface area contributed by atoms with Gasteiger partial charge in [0.05, 0.1) is 14.2 Å². The number of ketones is 1. The lowest BCUT2D eigenvalue weighted by Gasteiger charge is -2.31. The number of amides is 1. The molecule has 1 saturated heterocycles. The van der Waals surface area contributed by atoms with E-state index in [2.05, 4.69) is 4.90 Å². The van der Waals surface area contributed by atoms with Gasteiger partial charge >= 0.3 is 0 Å². The van der Waals surface area contributed by atoms with Gasteiger partial charge in [-0.1, -0.05) is 12.1 Å². The molecule has 0 atom stereocenters. The van der Waals surface area contributed by atoms with Crippen LogP contribution in [0.4, 0.5) is 0 Å². The molecule has 1 aliphatic rings.